The van der Waals surface area contributed by atoms with Crippen LogP contribution in [0.3, 0.4) is 0 Å². The highest BCUT2D eigenvalue weighted by molar-refractivity contribution is 7.92. The molecule has 88 valence electrons. The number of rotatable bonds is 3. The molecule has 5 heteroatoms. The second-order valence-electron chi connectivity index (χ2n) is 4.66. The number of hydrogen-bond donors (Lipinski definition) is 0. The van der Waals surface area contributed by atoms with E-state index in [4.69, 9.17) is 0 Å². The maximum Gasteiger partial charge on any atom is 0.225 e. The van der Waals surface area contributed by atoms with Crippen LogP contribution in [0.4, 0.5) is 0 Å². The maximum absolute atomic E-state index is 11.7. The third-order valence-corrected chi connectivity index (χ3v) is 5.32. The average Bonchev–Trinajstić information content (AvgIpc) is 1.99. The molecule has 1 saturated heterocycles. The van der Waals surface area contributed by atoms with E-state index in [-0.39, 0.29) is 22.3 Å². The van der Waals surface area contributed by atoms with Gasteiger partial charge in [-0.15, -0.1) is 0 Å². The van der Waals surface area contributed by atoms with Crippen LogP contribution >= 0.6 is 0 Å². The molecule has 0 aromatic rings. The topological polar surface area (TPSA) is 54.5 Å². The van der Waals surface area contributed by atoms with Crippen molar-refractivity contribution >= 4 is 15.7 Å². The van der Waals surface area contributed by atoms with Crippen LogP contribution in [-0.2, 0) is 14.6 Å². The third-order valence-electron chi connectivity index (χ3n) is 2.78. The van der Waals surface area contributed by atoms with E-state index in [1.54, 1.807) is 18.7 Å². The zero-order valence-corrected chi connectivity index (χ0v) is 10.5. The van der Waals surface area contributed by atoms with E-state index in [2.05, 4.69) is 0 Å². The van der Waals surface area contributed by atoms with Crippen molar-refractivity contribution in [3.05, 3.63) is 0 Å². The molecule has 0 radical (unpaired) electrons. The molecule has 0 aromatic carbocycles. The minimum absolute atomic E-state index is 0.0465. The zero-order chi connectivity index (χ0) is 11.8. The van der Waals surface area contributed by atoms with Crippen LogP contribution in [0.5, 0.6) is 0 Å². The summed E-state index contributed by atoms with van der Waals surface area (Å²) < 4.78 is 23.4. The Morgan fingerprint density at radius 3 is 2.00 bits per heavy atom. The summed E-state index contributed by atoms with van der Waals surface area (Å²) in [5.41, 5.74) is 0. The van der Waals surface area contributed by atoms with Crippen molar-refractivity contribution in [2.75, 3.05) is 13.1 Å². The molecule has 0 atom stereocenters. The first-order valence-corrected chi connectivity index (χ1v) is 6.89. The Morgan fingerprint density at radius 1 is 1.20 bits per heavy atom. The van der Waals surface area contributed by atoms with Crippen LogP contribution in [0.1, 0.15) is 27.7 Å². The molecule has 1 aliphatic heterocycles. The van der Waals surface area contributed by atoms with Gasteiger partial charge in [-0.05, 0) is 13.8 Å². The van der Waals surface area contributed by atoms with E-state index in [0.717, 1.165) is 0 Å². The second kappa shape index (κ2) is 4.12. The number of carbonyl (C=O) groups excluding carboxylic acids is 1. The molecule has 0 saturated carbocycles. The molecule has 0 aliphatic carbocycles. The van der Waals surface area contributed by atoms with Gasteiger partial charge in [0.05, 0.1) is 10.5 Å². The number of amides is 1. The lowest BCUT2D eigenvalue weighted by molar-refractivity contribution is -0.137. The first-order chi connectivity index (χ1) is 6.76. The summed E-state index contributed by atoms with van der Waals surface area (Å²) in [7, 11) is -3.03. The van der Waals surface area contributed by atoms with E-state index < -0.39 is 9.84 Å². The Labute approximate surface area is 91.6 Å². The number of likely N-dealkylation sites (tertiary alicyclic amines) is 1. The third kappa shape index (κ3) is 2.33. The second-order valence-corrected chi connectivity index (χ2v) is 7.45. The summed E-state index contributed by atoms with van der Waals surface area (Å²) in [4.78, 5) is 13.1. The molecule has 1 fully saturated rings. The fourth-order valence-corrected chi connectivity index (χ4v) is 3.12. The molecule has 1 amide bonds. The molecule has 1 aliphatic rings. The average molecular weight is 233 g/mol. The van der Waals surface area contributed by atoms with Gasteiger partial charge in [-0.3, -0.25) is 4.79 Å². The standard InChI is InChI=1S/C10H19NO3S/c1-7(2)10(12)11-5-9(6-11)15(13,14)8(3)4/h7-9H,5-6H2,1-4H3. The van der Waals surface area contributed by atoms with Gasteiger partial charge < -0.3 is 4.90 Å². The fraction of sp³-hybridized carbons (Fsp3) is 0.900. The van der Waals surface area contributed by atoms with Crippen LogP contribution in [0.2, 0.25) is 0 Å². The number of carbonyl (C=O) groups is 1. The van der Waals surface area contributed by atoms with Crippen LogP contribution in [0.15, 0.2) is 0 Å². The largest absolute Gasteiger partial charge is 0.340 e. The van der Waals surface area contributed by atoms with Gasteiger partial charge in [0.1, 0.15) is 0 Å². The molecule has 15 heavy (non-hydrogen) atoms. The molecule has 1 rings (SSSR count). The minimum atomic E-state index is -3.03. The van der Waals surface area contributed by atoms with E-state index >= 15 is 0 Å². The highest BCUT2D eigenvalue weighted by Crippen LogP contribution is 2.21. The summed E-state index contributed by atoms with van der Waals surface area (Å²) in [5.74, 6) is -0.00193. The number of sulfone groups is 1. The molecule has 0 spiro atoms. The van der Waals surface area contributed by atoms with Gasteiger partial charge >= 0.3 is 0 Å². The molecular weight excluding hydrogens is 214 g/mol. The summed E-state index contributed by atoms with van der Waals surface area (Å²) >= 11 is 0. The first-order valence-electron chi connectivity index (χ1n) is 5.28. The molecule has 0 unspecified atom stereocenters. The molecule has 0 N–H and O–H groups in total. The molecule has 0 aromatic heterocycles. The molecule has 4 nitrogen and oxygen atoms in total. The first kappa shape index (κ1) is 12.5. The lowest BCUT2D eigenvalue weighted by Gasteiger charge is -2.40. The predicted octanol–water partition coefficient (Wildman–Crippen LogP) is 0.676. The molecule has 0 bridgehead atoms. The lowest BCUT2D eigenvalue weighted by atomic mass is 10.1. The van der Waals surface area contributed by atoms with E-state index in [1.165, 1.54) is 0 Å². The van der Waals surface area contributed by atoms with Crippen LogP contribution < -0.4 is 0 Å². The quantitative estimate of drug-likeness (QED) is 0.720. The predicted molar refractivity (Wildman–Crippen MR) is 59.3 cm³/mol. The Balaban J connectivity index is 2.55. The van der Waals surface area contributed by atoms with E-state index in [1.807, 2.05) is 13.8 Å². The van der Waals surface area contributed by atoms with Gasteiger partial charge in [0, 0.05) is 19.0 Å². The lowest BCUT2D eigenvalue weighted by Crippen LogP contribution is -2.59. The van der Waals surface area contributed by atoms with Crippen LogP contribution in [0, 0.1) is 5.92 Å². The number of hydrogen-bond acceptors (Lipinski definition) is 3. The minimum Gasteiger partial charge on any atom is -0.340 e. The van der Waals surface area contributed by atoms with Crippen molar-refractivity contribution in [2.24, 2.45) is 5.92 Å². The van der Waals surface area contributed by atoms with E-state index in [9.17, 15) is 13.2 Å². The molecule has 1 heterocycles. The number of nitrogens with zero attached hydrogens (tertiary/aromatic N) is 1. The van der Waals surface area contributed by atoms with Crippen molar-refractivity contribution in [2.45, 2.75) is 38.2 Å². The van der Waals surface area contributed by atoms with Crippen molar-refractivity contribution in [1.82, 2.24) is 4.90 Å². The molecular formula is C10H19NO3S. The van der Waals surface area contributed by atoms with Crippen molar-refractivity contribution in [3.8, 4) is 0 Å². The van der Waals surface area contributed by atoms with Gasteiger partial charge in [-0.25, -0.2) is 8.42 Å². The Bertz CT molecular complexity index is 340. The summed E-state index contributed by atoms with van der Waals surface area (Å²) in [5, 5.41) is -0.695. The van der Waals surface area contributed by atoms with Crippen LogP contribution in [-0.4, -0.2) is 42.8 Å². The maximum atomic E-state index is 11.7. The smallest absolute Gasteiger partial charge is 0.225 e. The summed E-state index contributed by atoms with van der Waals surface area (Å²) in [6.45, 7) is 7.76. The van der Waals surface area contributed by atoms with Gasteiger partial charge in [0.2, 0.25) is 5.91 Å². The van der Waals surface area contributed by atoms with Crippen molar-refractivity contribution < 1.29 is 13.2 Å². The van der Waals surface area contributed by atoms with E-state index in [0.29, 0.717) is 13.1 Å². The summed E-state index contributed by atoms with van der Waals surface area (Å²) in [6, 6.07) is 0. The van der Waals surface area contributed by atoms with Gasteiger partial charge in [-0.2, -0.15) is 0 Å². The Hall–Kier alpha value is -0.580. The highest BCUT2D eigenvalue weighted by Gasteiger charge is 2.41. The normalized spacial score (nSPS) is 18.4. The fourth-order valence-electron chi connectivity index (χ4n) is 1.58. The zero-order valence-electron chi connectivity index (χ0n) is 9.73. The van der Waals surface area contributed by atoms with Crippen molar-refractivity contribution in [1.29, 1.82) is 0 Å². The van der Waals surface area contributed by atoms with Crippen LogP contribution in [0.25, 0.3) is 0 Å². The summed E-state index contributed by atoms with van der Waals surface area (Å²) in [6.07, 6.45) is 0. The SMILES string of the molecule is CC(C)C(=O)N1CC(S(=O)(=O)C(C)C)C1. The van der Waals surface area contributed by atoms with Gasteiger partial charge in [0.25, 0.3) is 0 Å². The Morgan fingerprint density at radius 2 is 1.67 bits per heavy atom. The van der Waals surface area contributed by atoms with Gasteiger partial charge in [0.15, 0.2) is 9.84 Å². The monoisotopic (exact) mass is 233 g/mol. The highest BCUT2D eigenvalue weighted by atomic mass is 32.2. The Kier molecular flexibility index (Phi) is 3.43. The van der Waals surface area contributed by atoms with Gasteiger partial charge in [-0.1, -0.05) is 13.8 Å². The van der Waals surface area contributed by atoms with Crippen molar-refractivity contribution in [3.63, 3.8) is 0 Å².